The predicted octanol–water partition coefficient (Wildman–Crippen LogP) is -2.19. The summed E-state index contributed by atoms with van der Waals surface area (Å²) in [5, 5.41) is 35.7. The molecule has 1 aromatic carbocycles. The van der Waals surface area contributed by atoms with Gasteiger partial charge in [-0.1, -0.05) is 12.1 Å². The van der Waals surface area contributed by atoms with Gasteiger partial charge in [0.15, 0.2) is 0 Å². The van der Waals surface area contributed by atoms with Gasteiger partial charge in [0, 0.05) is 25.4 Å². The lowest BCUT2D eigenvalue weighted by Gasteiger charge is -2.30. The molecule has 0 spiro atoms. The van der Waals surface area contributed by atoms with Gasteiger partial charge in [-0.05, 0) is 62.6 Å². The van der Waals surface area contributed by atoms with Crippen molar-refractivity contribution in [3.8, 4) is 5.75 Å². The first-order valence-corrected chi connectivity index (χ1v) is 17.7. The van der Waals surface area contributed by atoms with Gasteiger partial charge in [0.1, 0.15) is 36.0 Å². The second kappa shape index (κ2) is 18.0. The molecular weight excluding hydrogens is 702 g/mol. The largest absolute Gasteiger partial charge is 0.508 e. The first-order valence-electron chi connectivity index (χ1n) is 17.1. The zero-order chi connectivity index (χ0) is 38.1. The fourth-order valence-electron chi connectivity index (χ4n) is 6.81. The van der Waals surface area contributed by atoms with Gasteiger partial charge in [0.25, 0.3) is 0 Å². The number of benzene rings is 1. The van der Waals surface area contributed by atoms with Gasteiger partial charge < -0.3 is 51.7 Å². The molecule has 3 heterocycles. The molecule has 0 unspecified atom stereocenters. The first kappa shape index (κ1) is 39.9. The monoisotopic (exact) mass is 747 g/mol. The van der Waals surface area contributed by atoms with Crippen LogP contribution in [0.25, 0.3) is 0 Å². The molecule has 18 nitrogen and oxygen atoms in total. The number of carbonyl (C=O) groups is 8. The second-order valence-corrected chi connectivity index (χ2v) is 13.4. The van der Waals surface area contributed by atoms with Crippen LogP contribution in [0, 0.1) is 0 Å². The lowest BCUT2D eigenvalue weighted by Crippen LogP contribution is -2.59. The van der Waals surface area contributed by atoms with Crippen LogP contribution in [-0.2, 0) is 44.8 Å². The third-order valence-corrected chi connectivity index (χ3v) is 9.83. The van der Waals surface area contributed by atoms with Crippen LogP contribution in [0.3, 0.4) is 0 Å². The fraction of sp³-hybridized carbons (Fsp3) is 0.576. The Kier molecular flexibility index (Phi) is 13.8. The number of thiol groups is 1. The zero-order valence-electron chi connectivity index (χ0n) is 28.4. The van der Waals surface area contributed by atoms with E-state index in [9.17, 15) is 53.7 Å². The molecule has 0 bridgehead atoms. The van der Waals surface area contributed by atoms with Gasteiger partial charge in [0.2, 0.25) is 35.4 Å². The van der Waals surface area contributed by atoms with Crippen molar-refractivity contribution < 1.29 is 53.7 Å². The third-order valence-electron chi connectivity index (χ3n) is 9.47. The van der Waals surface area contributed by atoms with Gasteiger partial charge in [-0.15, -0.1) is 0 Å². The SMILES string of the molecule is N[C@@H](Cc1ccc(O)cc1)C(=O)N1CCC[C@H]1C(=O)N[C@@H](CC(=O)O)C(=O)N[C@@H](CS)C(=O)N1CCC[C@H]1C(=O)NCC(=O)N1CCC[C@H]1C(=O)O. The summed E-state index contributed by atoms with van der Waals surface area (Å²) in [6, 6.07) is -0.799. The number of nitrogens with one attached hydrogen (secondary N) is 3. The summed E-state index contributed by atoms with van der Waals surface area (Å²) in [7, 11) is 0. The molecule has 19 heteroatoms. The number of phenols is 1. The molecule has 3 saturated heterocycles. The van der Waals surface area contributed by atoms with E-state index in [1.807, 2.05) is 0 Å². The molecule has 0 aliphatic carbocycles. The number of rotatable bonds is 15. The molecule has 6 amide bonds. The van der Waals surface area contributed by atoms with Crippen molar-refractivity contribution in [2.24, 2.45) is 5.73 Å². The lowest BCUT2D eigenvalue weighted by molar-refractivity contribution is -0.148. The summed E-state index contributed by atoms with van der Waals surface area (Å²) in [5.74, 6) is -6.90. The average Bonchev–Trinajstić information content (AvgIpc) is 3.90. The van der Waals surface area contributed by atoms with E-state index in [1.54, 1.807) is 12.1 Å². The molecule has 52 heavy (non-hydrogen) atoms. The minimum Gasteiger partial charge on any atom is -0.508 e. The number of nitrogens with two attached hydrogens (primary N) is 1. The van der Waals surface area contributed by atoms with Crippen molar-refractivity contribution in [2.75, 3.05) is 31.9 Å². The Morgan fingerprint density at radius 1 is 0.769 bits per heavy atom. The third kappa shape index (κ3) is 9.90. The number of carboxylic acid groups (broad SMARTS) is 2. The van der Waals surface area contributed by atoms with Crippen molar-refractivity contribution in [2.45, 2.75) is 87.6 Å². The fourth-order valence-corrected chi connectivity index (χ4v) is 7.05. The Labute approximate surface area is 304 Å². The van der Waals surface area contributed by atoms with E-state index in [4.69, 9.17) is 5.73 Å². The smallest absolute Gasteiger partial charge is 0.326 e. The Hall–Kier alpha value is -4.91. The number of likely N-dealkylation sites (tertiary alicyclic amines) is 3. The highest BCUT2D eigenvalue weighted by atomic mass is 32.1. The molecule has 6 atom stereocenters. The van der Waals surface area contributed by atoms with Crippen molar-refractivity contribution in [1.82, 2.24) is 30.7 Å². The van der Waals surface area contributed by atoms with Gasteiger partial charge in [0.05, 0.1) is 19.0 Å². The number of hydrogen-bond acceptors (Lipinski definition) is 11. The van der Waals surface area contributed by atoms with Gasteiger partial charge in [-0.2, -0.15) is 12.6 Å². The van der Waals surface area contributed by atoms with E-state index >= 15 is 0 Å². The maximum Gasteiger partial charge on any atom is 0.326 e. The van der Waals surface area contributed by atoms with E-state index in [1.165, 1.54) is 26.8 Å². The van der Waals surface area contributed by atoms with E-state index in [0.717, 1.165) is 0 Å². The zero-order valence-corrected chi connectivity index (χ0v) is 29.3. The molecule has 8 N–H and O–H groups in total. The summed E-state index contributed by atoms with van der Waals surface area (Å²) in [4.78, 5) is 106. The highest BCUT2D eigenvalue weighted by molar-refractivity contribution is 7.80. The predicted molar refractivity (Wildman–Crippen MR) is 185 cm³/mol. The number of nitrogens with zero attached hydrogens (tertiary/aromatic N) is 3. The minimum atomic E-state index is -1.63. The molecule has 0 aromatic heterocycles. The topological polar surface area (TPSA) is 269 Å². The number of carboxylic acids is 2. The van der Waals surface area contributed by atoms with Gasteiger partial charge in [-0.3, -0.25) is 33.6 Å². The van der Waals surface area contributed by atoms with E-state index in [0.29, 0.717) is 31.2 Å². The van der Waals surface area contributed by atoms with Crippen LogP contribution in [0.4, 0.5) is 0 Å². The van der Waals surface area contributed by atoms with Crippen molar-refractivity contribution in [3.63, 3.8) is 0 Å². The van der Waals surface area contributed by atoms with Crippen LogP contribution in [0.2, 0.25) is 0 Å². The summed E-state index contributed by atoms with van der Waals surface area (Å²) in [6.45, 7) is 0.151. The second-order valence-electron chi connectivity index (χ2n) is 13.1. The summed E-state index contributed by atoms with van der Waals surface area (Å²) < 4.78 is 0. The highest BCUT2D eigenvalue weighted by Crippen LogP contribution is 2.22. The highest BCUT2D eigenvalue weighted by Gasteiger charge is 2.41. The van der Waals surface area contributed by atoms with Crippen molar-refractivity contribution in [1.29, 1.82) is 0 Å². The van der Waals surface area contributed by atoms with E-state index < -0.39 is 96.6 Å². The van der Waals surface area contributed by atoms with Crippen molar-refractivity contribution in [3.05, 3.63) is 29.8 Å². The van der Waals surface area contributed by atoms with Crippen LogP contribution < -0.4 is 21.7 Å². The molecule has 3 aliphatic rings. The quantitative estimate of drug-likeness (QED) is 0.0890. The summed E-state index contributed by atoms with van der Waals surface area (Å²) in [5.41, 5.74) is 6.85. The molecule has 0 saturated carbocycles. The molecule has 284 valence electrons. The number of aromatic hydroxyl groups is 1. The van der Waals surface area contributed by atoms with Gasteiger partial charge >= 0.3 is 11.9 Å². The molecule has 4 rings (SSSR count). The van der Waals surface area contributed by atoms with Gasteiger partial charge in [-0.25, -0.2) is 4.79 Å². The maximum absolute atomic E-state index is 13.6. The van der Waals surface area contributed by atoms with Crippen LogP contribution in [0.1, 0.15) is 50.5 Å². The normalized spacial score (nSPS) is 21.6. The molecular formula is C33H45N7O11S. The number of amides is 6. The summed E-state index contributed by atoms with van der Waals surface area (Å²) >= 11 is 4.19. The minimum absolute atomic E-state index is 0.0507. The molecule has 0 radical (unpaired) electrons. The first-order chi connectivity index (χ1) is 24.7. The average molecular weight is 748 g/mol. The number of phenolic OH excluding ortho intramolecular Hbond substituents is 1. The maximum atomic E-state index is 13.6. The molecule has 3 aliphatic heterocycles. The molecule has 3 fully saturated rings. The Bertz CT molecular complexity index is 1540. The van der Waals surface area contributed by atoms with E-state index in [-0.39, 0.29) is 50.4 Å². The van der Waals surface area contributed by atoms with Crippen LogP contribution in [0.15, 0.2) is 24.3 Å². The van der Waals surface area contributed by atoms with Crippen LogP contribution in [-0.4, -0.2) is 146 Å². The Balaban J connectivity index is 1.35. The number of carbonyl (C=O) groups excluding carboxylic acids is 6. The Morgan fingerprint density at radius 3 is 1.90 bits per heavy atom. The number of hydrogen-bond donors (Lipinski definition) is 8. The Morgan fingerprint density at radius 2 is 1.33 bits per heavy atom. The van der Waals surface area contributed by atoms with Crippen molar-refractivity contribution >= 4 is 60.0 Å². The standard InChI is InChI=1S/C33H45N7O11S/c34-20(14-18-7-9-19(41)10-8-18)31(48)39-12-2-5-24(39)30(47)36-21(15-27(43)44)28(45)37-22(17-52)32(49)40-13-1-4-23(40)29(46)35-16-26(42)38-11-3-6-25(38)33(50)51/h7-10,20-25,41,52H,1-6,11-17,34H2,(H,35,46)(H,36,47)(H,37,45)(H,43,44)(H,50,51)/t20-,21-,22-,23-,24-,25-/m0/s1. The molecule has 1 aromatic rings. The van der Waals surface area contributed by atoms with Crippen LogP contribution >= 0.6 is 12.6 Å². The lowest BCUT2D eigenvalue weighted by atomic mass is 10.0. The summed E-state index contributed by atoms with van der Waals surface area (Å²) in [6.07, 6.45) is 1.52. The number of aliphatic carboxylic acids is 2. The van der Waals surface area contributed by atoms with E-state index in [2.05, 4.69) is 28.6 Å². The van der Waals surface area contributed by atoms with Crippen LogP contribution in [0.5, 0.6) is 5.75 Å².